The van der Waals surface area contributed by atoms with Crippen molar-refractivity contribution in [3.05, 3.63) is 82.9 Å². The van der Waals surface area contributed by atoms with E-state index in [2.05, 4.69) is 11.2 Å². The van der Waals surface area contributed by atoms with Gasteiger partial charge in [-0.2, -0.15) is 10.4 Å². The number of para-hydroxylation sites is 1. The fourth-order valence-corrected chi connectivity index (χ4v) is 3.30. The first kappa shape index (κ1) is 15.8. The Morgan fingerprint density at radius 2 is 1.96 bits per heavy atom. The highest BCUT2D eigenvalue weighted by atomic mass is 16.5. The second kappa shape index (κ2) is 5.97. The van der Waals surface area contributed by atoms with E-state index in [1.165, 1.54) is 0 Å². The van der Waals surface area contributed by atoms with E-state index in [1.54, 1.807) is 22.9 Å². The molecule has 1 atom stereocenters. The first-order valence-corrected chi connectivity index (χ1v) is 8.11. The van der Waals surface area contributed by atoms with E-state index in [4.69, 9.17) is 10.5 Å². The van der Waals surface area contributed by atoms with Gasteiger partial charge in [0.05, 0.1) is 22.9 Å². The summed E-state index contributed by atoms with van der Waals surface area (Å²) in [7, 11) is 0. The van der Waals surface area contributed by atoms with E-state index >= 15 is 0 Å². The Bertz CT molecular complexity index is 1060. The van der Waals surface area contributed by atoms with Crippen molar-refractivity contribution in [3.63, 3.8) is 0 Å². The lowest BCUT2D eigenvalue weighted by Crippen LogP contribution is -2.22. The van der Waals surface area contributed by atoms with Crippen LogP contribution in [0.15, 0.2) is 66.1 Å². The number of allylic oxidation sites excluding steroid dienone is 1. The summed E-state index contributed by atoms with van der Waals surface area (Å²) >= 11 is 0. The first-order valence-electron chi connectivity index (χ1n) is 8.11. The molecule has 4 rings (SSSR count). The molecular formula is C20H16N4O2. The number of nitrogens with zero attached hydrogens (tertiary/aromatic N) is 3. The van der Waals surface area contributed by atoms with Crippen molar-refractivity contribution in [2.75, 3.05) is 0 Å². The summed E-state index contributed by atoms with van der Waals surface area (Å²) in [5.74, 6) is 0.205. The average molecular weight is 344 g/mol. The molecule has 6 heteroatoms. The van der Waals surface area contributed by atoms with Gasteiger partial charge in [-0.05, 0) is 36.8 Å². The number of hydrogen-bond donors (Lipinski definition) is 2. The standard InChI is InChI=1S/C20H16N4O2/c1-12-17-18(13-6-5-9-15(25)10-13)16(11-21)19(22)26-20(17)24(23-12)14-7-3-2-4-8-14/h2-10,18,25H,22H2,1H3/t18-/m0/s1. The van der Waals surface area contributed by atoms with Crippen molar-refractivity contribution in [1.29, 1.82) is 5.26 Å². The Kier molecular flexibility index (Phi) is 3.63. The summed E-state index contributed by atoms with van der Waals surface area (Å²) in [6.45, 7) is 1.87. The molecule has 1 aromatic heterocycles. The van der Waals surface area contributed by atoms with Crippen LogP contribution >= 0.6 is 0 Å². The molecule has 3 N–H and O–H groups in total. The molecule has 0 unspecified atom stereocenters. The number of rotatable bonds is 2. The number of aryl methyl sites for hydroxylation is 1. The largest absolute Gasteiger partial charge is 0.508 e. The normalized spacial score (nSPS) is 15.9. The summed E-state index contributed by atoms with van der Waals surface area (Å²) in [5.41, 5.74) is 9.45. The number of benzene rings is 2. The van der Waals surface area contributed by atoms with Crippen LogP contribution in [0.5, 0.6) is 11.6 Å². The van der Waals surface area contributed by atoms with Crippen molar-refractivity contribution in [1.82, 2.24) is 9.78 Å². The fourth-order valence-electron chi connectivity index (χ4n) is 3.30. The van der Waals surface area contributed by atoms with Gasteiger partial charge in [0.15, 0.2) is 0 Å². The van der Waals surface area contributed by atoms with Gasteiger partial charge in [-0.3, -0.25) is 0 Å². The van der Waals surface area contributed by atoms with E-state index < -0.39 is 5.92 Å². The van der Waals surface area contributed by atoms with Gasteiger partial charge >= 0.3 is 0 Å². The number of nitrogens with two attached hydrogens (primary N) is 1. The lowest BCUT2D eigenvalue weighted by Gasteiger charge is -2.25. The second-order valence-corrected chi connectivity index (χ2v) is 6.07. The Morgan fingerprint density at radius 1 is 1.19 bits per heavy atom. The lowest BCUT2D eigenvalue weighted by atomic mass is 9.84. The molecule has 2 aromatic carbocycles. The zero-order valence-electron chi connectivity index (χ0n) is 14.0. The number of phenols is 1. The van der Waals surface area contributed by atoms with Gasteiger partial charge in [0.25, 0.3) is 0 Å². The van der Waals surface area contributed by atoms with Crippen molar-refractivity contribution < 1.29 is 9.84 Å². The summed E-state index contributed by atoms with van der Waals surface area (Å²) in [6, 6.07) is 18.5. The molecule has 6 nitrogen and oxygen atoms in total. The number of fused-ring (bicyclic) bond motifs is 1. The molecule has 0 spiro atoms. The Balaban J connectivity index is 1.97. The van der Waals surface area contributed by atoms with Crippen LogP contribution in [0.25, 0.3) is 5.69 Å². The van der Waals surface area contributed by atoms with Gasteiger partial charge in [0.2, 0.25) is 11.8 Å². The Hall–Kier alpha value is -3.72. The van der Waals surface area contributed by atoms with E-state index in [1.807, 2.05) is 43.3 Å². The molecule has 3 aromatic rings. The topological polar surface area (TPSA) is 97.1 Å². The fraction of sp³-hybridized carbons (Fsp3) is 0.100. The molecule has 0 fully saturated rings. The summed E-state index contributed by atoms with van der Waals surface area (Å²) in [5, 5.41) is 24.1. The molecule has 0 saturated carbocycles. The van der Waals surface area contributed by atoms with Crippen LogP contribution in [-0.4, -0.2) is 14.9 Å². The van der Waals surface area contributed by atoms with Gasteiger partial charge < -0.3 is 15.6 Å². The molecule has 128 valence electrons. The van der Waals surface area contributed by atoms with Crippen LogP contribution in [0, 0.1) is 18.3 Å². The maximum Gasteiger partial charge on any atom is 0.229 e. The number of ether oxygens (including phenoxy) is 1. The smallest absolute Gasteiger partial charge is 0.229 e. The third-order valence-corrected chi connectivity index (χ3v) is 4.44. The van der Waals surface area contributed by atoms with Gasteiger partial charge in [-0.1, -0.05) is 30.3 Å². The number of aromatic hydroxyl groups is 1. The molecule has 0 amide bonds. The summed E-state index contributed by atoms with van der Waals surface area (Å²) < 4.78 is 7.48. The third-order valence-electron chi connectivity index (χ3n) is 4.44. The number of nitriles is 1. The van der Waals surface area contributed by atoms with Gasteiger partial charge in [-0.15, -0.1) is 0 Å². The molecule has 0 bridgehead atoms. The van der Waals surface area contributed by atoms with Crippen LogP contribution in [0.1, 0.15) is 22.7 Å². The van der Waals surface area contributed by atoms with E-state index in [9.17, 15) is 10.4 Å². The number of aromatic nitrogens is 2. The Morgan fingerprint density at radius 3 is 2.65 bits per heavy atom. The molecule has 26 heavy (non-hydrogen) atoms. The van der Waals surface area contributed by atoms with Gasteiger partial charge in [0.1, 0.15) is 17.4 Å². The SMILES string of the molecule is Cc1nn(-c2ccccc2)c2c1[C@@H](c1cccc(O)c1)C(C#N)=C(N)O2. The summed E-state index contributed by atoms with van der Waals surface area (Å²) in [4.78, 5) is 0. The number of phenolic OH excluding ortho intramolecular Hbond substituents is 1. The minimum Gasteiger partial charge on any atom is -0.508 e. The van der Waals surface area contributed by atoms with Crippen LogP contribution in [0.2, 0.25) is 0 Å². The lowest BCUT2D eigenvalue weighted by molar-refractivity contribution is 0.367. The number of hydrogen-bond acceptors (Lipinski definition) is 5. The molecule has 0 aliphatic carbocycles. The minimum atomic E-state index is -0.451. The zero-order chi connectivity index (χ0) is 18.3. The monoisotopic (exact) mass is 344 g/mol. The van der Waals surface area contributed by atoms with E-state index in [0.717, 1.165) is 22.5 Å². The van der Waals surface area contributed by atoms with Crippen molar-refractivity contribution in [3.8, 4) is 23.4 Å². The van der Waals surface area contributed by atoms with E-state index in [0.29, 0.717) is 11.5 Å². The highest BCUT2D eigenvalue weighted by Gasteiger charge is 2.36. The van der Waals surface area contributed by atoms with Crippen molar-refractivity contribution in [2.24, 2.45) is 5.73 Å². The second-order valence-electron chi connectivity index (χ2n) is 6.07. The van der Waals surface area contributed by atoms with Crippen LogP contribution in [0.3, 0.4) is 0 Å². The zero-order valence-corrected chi connectivity index (χ0v) is 14.0. The first-order chi connectivity index (χ1) is 12.6. The summed E-state index contributed by atoms with van der Waals surface area (Å²) in [6.07, 6.45) is 0. The van der Waals surface area contributed by atoms with Crippen molar-refractivity contribution >= 4 is 0 Å². The maximum atomic E-state index is 9.89. The van der Waals surface area contributed by atoms with Crippen LogP contribution < -0.4 is 10.5 Å². The molecule has 2 heterocycles. The minimum absolute atomic E-state index is 0.0467. The molecule has 1 aliphatic rings. The van der Waals surface area contributed by atoms with Gasteiger partial charge in [-0.25, -0.2) is 4.68 Å². The molecule has 0 radical (unpaired) electrons. The molecular weight excluding hydrogens is 328 g/mol. The average Bonchev–Trinajstić information content (AvgIpc) is 2.97. The van der Waals surface area contributed by atoms with Crippen LogP contribution in [0.4, 0.5) is 0 Å². The van der Waals surface area contributed by atoms with Crippen molar-refractivity contribution in [2.45, 2.75) is 12.8 Å². The van der Waals surface area contributed by atoms with E-state index in [-0.39, 0.29) is 11.6 Å². The van der Waals surface area contributed by atoms with Crippen LogP contribution in [-0.2, 0) is 0 Å². The highest BCUT2D eigenvalue weighted by Crippen LogP contribution is 2.44. The molecule has 0 saturated heterocycles. The quantitative estimate of drug-likeness (QED) is 0.744. The highest BCUT2D eigenvalue weighted by molar-refractivity contribution is 5.57. The predicted molar refractivity (Wildman–Crippen MR) is 95.7 cm³/mol. The maximum absolute atomic E-state index is 9.89. The van der Waals surface area contributed by atoms with Gasteiger partial charge in [0, 0.05) is 0 Å². The molecule has 1 aliphatic heterocycles. The Labute approximate surface area is 150 Å². The predicted octanol–water partition coefficient (Wildman–Crippen LogP) is 3.10. The third kappa shape index (κ3) is 2.38.